The van der Waals surface area contributed by atoms with Crippen LogP contribution in [0.25, 0.3) is 0 Å². The van der Waals surface area contributed by atoms with Gasteiger partial charge in [-0.25, -0.2) is 4.98 Å². The van der Waals surface area contributed by atoms with Crippen LogP contribution in [0.5, 0.6) is 0 Å². The van der Waals surface area contributed by atoms with Crippen LogP contribution in [0.1, 0.15) is 63.6 Å². The second-order valence-corrected chi connectivity index (χ2v) is 7.55. The molecule has 0 bridgehead atoms. The lowest BCUT2D eigenvalue weighted by molar-refractivity contribution is 0.132. The van der Waals surface area contributed by atoms with Crippen LogP contribution in [0.2, 0.25) is 0 Å². The fraction of sp³-hybridized carbons (Fsp3) is 0.706. The van der Waals surface area contributed by atoms with E-state index in [2.05, 4.69) is 38.1 Å². The number of nitrogen functional groups attached to an aromatic ring is 1. The minimum absolute atomic E-state index is 0.111. The van der Waals surface area contributed by atoms with Crippen LogP contribution in [0.4, 0.5) is 5.82 Å². The van der Waals surface area contributed by atoms with Crippen LogP contribution in [-0.2, 0) is 0 Å². The Bertz CT molecular complexity index is 450. The van der Waals surface area contributed by atoms with Gasteiger partial charge in [0, 0.05) is 11.8 Å². The zero-order valence-electron chi connectivity index (χ0n) is 13.8. The van der Waals surface area contributed by atoms with Crippen molar-refractivity contribution in [1.82, 2.24) is 10.4 Å². The molecule has 1 aliphatic rings. The number of pyridine rings is 1. The number of anilines is 1. The van der Waals surface area contributed by atoms with Crippen molar-refractivity contribution in [2.45, 2.75) is 59.4 Å². The molecule has 4 heteroatoms. The molecule has 0 amide bonds. The summed E-state index contributed by atoms with van der Waals surface area (Å²) >= 11 is 0. The summed E-state index contributed by atoms with van der Waals surface area (Å²) in [7, 11) is 0. The Hall–Kier alpha value is -1.13. The molecule has 1 aromatic heterocycles. The molecule has 21 heavy (non-hydrogen) atoms. The quantitative estimate of drug-likeness (QED) is 0.589. The number of aromatic nitrogens is 1. The summed E-state index contributed by atoms with van der Waals surface area (Å²) in [4.78, 5) is 4.24. The maximum absolute atomic E-state index is 6.09. The molecule has 5 N–H and O–H groups in total. The Morgan fingerprint density at radius 2 is 1.86 bits per heavy atom. The molecule has 0 radical (unpaired) electrons. The van der Waals surface area contributed by atoms with Gasteiger partial charge in [0.05, 0.1) is 6.04 Å². The molecular formula is C17H30N4. The summed E-state index contributed by atoms with van der Waals surface area (Å²) in [5, 5.41) is 0. The topological polar surface area (TPSA) is 77.0 Å². The number of nitrogens with zero attached hydrogens (tertiary/aromatic N) is 1. The molecule has 0 aromatic carbocycles. The van der Waals surface area contributed by atoms with Gasteiger partial charge < -0.3 is 5.73 Å². The van der Waals surface area contributed by atoms with E-state index in [0.29, 0.717) is 17.2 Å². The summed E-state index contributed by atoms with van der Waals surface area (Å²) in [5.74, 6) is 7.81. The van der Waals surface area contributed by atoms with Gasteiger partial charge in [0.25, 0.3) is 0 Å². The lowest BCUT2D eigenvalue weighted by atomic mass is 9.68. The van der Waals surface area contributed by atoms with Gasteiger partial charge >= 0.3 is 0 Å². The zero-order chi connectivity index (χ0) is 15.6. The van der Waals surface area contributed by atoms with E-state index in [1.165, 1.54) is 31.2 Å². The number of hydrazine groups is 1. The van der Waals surface area contributed by atoms with Crippen LogP contribution in [-0.4, -0.2) is 4.98 Å². The molecule has 0 aliphatic heterocycles. The normalized spacial score (nSPS) is 24.8. The van der Waals surface area contributed by atoms with Gasteiger partial charge in [-0.3, -0.25) is 11.3 Å². The predicted octanol–water partition coefficient (Wildman–Crippen LogP) is 3.33. The molecular weight excluding hydrogens is 260 g/mol. The van der Waals surface area contributed by atoms with E-state index in [-0.39, 0.29) is 6.04 Å². The average molecular weight is 290 g/mol. The zero-order valence-corrected chi connectivity index (χ0v) is 13.8. The van der Waals surface area contributed by atoms with Gasteiger partial charge in [0.2, 0.25) is 0 Å². The van der Waals surface area contributed by atoms with Crippen molar-refractivity contribution in [3.8, 4) is 0 Å². The van der Waals surface area contributed by atoms with Crippen molar-refractivity contribution in [3.05, 3.63) is 23.4 Å². The van der Waals surface area contributed by atoms with Crippen molar-refractivity contribution in [2.75, 3.05) is 5.73 Å². The van der Waals surface area contributed by atoms with E-state index in [9.17, 15) is 0 Å². The molecule has 1 aromatic rings. The monoisotopic (exact) mass is 290 g/mol. The highest BCUT2D eigenvalue weighted by Gasteiger charge is 2.34. The third-order valence-corrected chi connectivity index (χ3v) is 5.20. The minimum Gasteiger partial charge on any atom is -0.383 e. The second-order valence-electron chi connectivity index (χ2n) is 7.55. The first-order chi connectivity index (χ1) is 9.84. The Labute approximate surface area is 128 Å². The van der Waals surface area contributed by atoms with E-state index in [0.717, 1.165) is 11.5 Å². The van der Waals surface area contributed by atoms with Crippen molar-refractivity contribution in [1.29, 1.82) is 0 Å². The number of nitrogens with one attached hydrogen (secondary N) is 1. The van der Waals surface area contributed by atoms with E-state index in [1.54, 1.807) is 6.20 Å². The van der Waals surface area contributed by atoms with Gasteiger partial charge in [0.1, 0.15) is 5.82 Å². The van der Waals surface area contributed by atoms with Crippen molar-refractivity contribution in [2.24, 2.45) is 23.1 Å². The predicted molar refractivity (Wildman–Crippen MR) is 88.4 cm³/mol. The molecule has 1 heterocycles. The van der Waals surface area contributed by atoms with E-state index < -0.39 is 0 Å². The number of nitrogens with two attached hydrogens (primary N) is 2. The Morgan fingerprint density at radius 1 is 1.24 bits per heavy atom. The number of hydrogen-bond donors (Lipinski definition) is 3. The summed E-state index contributed by atoms with van der Waals surface area (Å²) in [6.45, 7) is 9.12. The molecule has 1 saturated carbocycles. The molecule has 0 saturated heterocycles. The SMILES string of the molecule is Cc1ccnc(N)c1C(NN)C1CCC(C(C)(C)C)CC1. The lowest BCUT2D eigenvalue weighted by Gasteiger charge is -2.39. The summed E-state index contributed by atoms with van der Waals surface area (Å²) in [5.41, 5.74) is 11.8. The highest BCUT2D eigenvalue weighted by Crippen LogP contribution is 2.44. The molecule has 118 valence electrons. The second kappa shape index (κ2) is 6.32. The van der Waals surface area contributed by atoms with Crippen molar-refractivity contribution in [3.63, 3.8) is 0 Å². The third kappa shape index (κ3) is 3.55. The maximum atomic E-state index is 6.09. The van der Waals surface area contributed by atoms with Crippen molar-refractivity contribution >= 4 is 5.82 Å². The van der Waals surface area contributed by atoms with Gasteiger partial charge in [-0.05, 0) is 61.5 Å². The molecule has 1 aliphatic carbocycles. The van der Waals surface area contributed by atoms with Gasteiger partial charge in [-0.2, -0.15) is 0 Å². The van der Waals surface area contributed by atoms with E-state index in [4.69, 9.17) is 11.6 Å². The van der Waals surface area contributed by atoms with Crippen LogP contribution in [0, 0.1) is 24.2 Å². The van der Waals surface area contributed by atoms with Crippen LogP contribution in [0.15, 0.2) is 12.3 Å². The fourth-order valence-electron chi connectivity index (χ4n) is 3.77. The Balaban J connectivity index is 2.14. The minimum atomic E-state index is 0.111. The molecule has 1 atom stereocenters. The number of aryl methyl sites for hydroxylation is 1. The fourth-order valence-corrected chi connectivity index (χ4v) is 3.77. The molecule has 4 nitrogen and oxygen atoms in total. The van der Waals surface area contributed by atoms with Gasteiger partial charge in [-0.1, -0.05) is 20.8 Å². The largest absolute Gasteiger partial charge is 0.383 e. The first kappa shape index (κ1) is 16.2. The summed E-state index contributed by atoms with van der Waals surface area (Å²) in [6, 6.07) is 2.12. The van der Waals surface area contributed by atoms with Gasteiger partial charge in [0.15, 0.2) is 0 Å². The lowest BCUT2D eigenvalue weighted by Crippen LogP contribution is -2.37. The highest BCUT2D eigenvalue weighted by atomic mass is 15.2. The smallest absolute Gasteiger partial charge is 0.128 e. The Morgan fingerprint density at radius 3 is 2.33 bits per heavy atom. The standard InChI is InChI=1S/C17H30N4/c1-11-9-10-20-16(18)14(11)15(21-19)12-5-7-13(8-6-12)17(2,3)4/h9-10,12-13,15,21H,5-8,19H2,1-4H3,(H2,18,20). The van der Waals surface area contributed by atoms with Crippen LogP contribution < -0.4 is 17.0 Å². The number of rotatable bonds is 3. The molecule has 0 spiro atoms. The van der Waals surface area contributed by atoms with E-state index in [1.807, 2.05) is 6.07 Å². The molecule has 1 fully saturated rings. The summed E-state index contributed by atoms with van der Waals surface area (Å²) < 4.78 is 0. The van der Waals surface area contributed by atoms with Crippen LogP contribution >= 0.6 is 0 Å². The molecule has 1 unspecified atom stereocenters. The average Bonchev–Trinajstić information content (AvgIpc) is 2.42. The first-order valence-corrected chi connectivity index (χ1v) is 8.01. The van der Waals surface area contributed by atoms with Gasteiger partial charge in [-0.15, -0.1) is 0 Å². The van der Waals surface area contributed by atoms with Crippen molar-refractivity contribution < 1.29 is 0 Å². The Kier molecular flexibility index (Phi) is 4.89. The third-order valence-electron chi connectivity index (χ3n) is 5.20. The highest BCUT2D eigenvalue weighted by molar-refractivity contribution is 5.46. The maximum Gasteiger partial charge on any atom is 0.128 e. The first-order valence-electron chi connectivity index (χ1n) is 8.01. The number of hydrogen-bond acceptors (Lipinski definition) is 4. The van der Waals surface area contributed by atoms with E-state index >= 15 is 0 Å². The molecule has 2 rings (SSSR count). The van der Waals surface area contributed by atoms with Crippen LogP contribution in [0.3, 0.4) is 0 Å². The summed E-state index contributed by atoms with van der Waals surface area (Å²) in [6.07, 6.45) is 6.70.